The summed E-state index contributed by atoms with van der Waals surface area (Å²) >= 11 is 0. The van der Waals surface area contributed by atoms with Crippen molar-refractivity contribution < 1.29 is 18.4 Å². The molecule has 2 fully saturated rings. The third-order valence-electron chi connectivity index (χ3n) is 6.39. The normalized spacial score (nSPS) is 19.8. The molecule has 1 aliphatic carbocycles. The maximum Gasteiger partial charge on any atom is 0.255 e. The summed E-state index contributed by atoms with van der Waals surface area (Å²) in [6.45, 7) is 3.21. The van der Waals surface area contributed by atoms with Gasteiger partial charge in [-0.25, -0.2) is 18.7 Å². The van der Waals surface area contributed by atoms with E-state index < -0.39 is 5.92 Å². The van der Waals surface area contributed by atoms with Crippen molar-refractivity contribution in [1.29, 1.82) is 0 Å². The summed E-state index contributed by atoms with van der Waals surface area (Å²) in [7, 11) is 0. The smallest absolute Gasteiger partial charge is 0.255 e. The van der Waals surface area contributed by atoms with Gasteiger partial charge in [0, 0.05) is 61.9 Å². The molecule has 0 aromatic carbocycles. The number of amides is 2. The number of nitrogens with zero attached hydrogens (tertiary/aromatic N) is 4. The summed E-state index contributed by atoms with van der Waals surface area (Å²) in [5.41, 5.74) is 3.06. The van der Waals surface area contributed by atoms with Gasteiger partial charge in [0.1, 0.15) is 11.6 Å². The Hall–Kier alpha value is -3.10. The molecule has 2 amide bonds. The third kappa shape index (κ3) is 4.03. The molecule has 9 heteroatoms. The maximum absolute atomic E-state index is 13.5. The molecule has 0 spiro atoms. The van der Waals surface area contributed by atoms with Crippen LogP contribution >= 0.6 is 0 Å². The van der Waals surface area contributed by atoms with Crippen molar-refractivity contribution in [3.05, 3.63) is 46.8 Å². The van der Waals surface area contributed by atoms with Crippen LogP contribution < -0.4 is 10.2 Å². The van der Waals surface area contributed by atoms with Gasteiger partial charge in [-0.15, -0.1) is 0 Å². The van der Waals surface area contributed by atoms with Crippen LogP contribution in [0.25, 0.3) is 0 Å². The highest BCUT2D eigenvalue weighted by molar-refractivity contribution is 6.01. The number of hydrogen-bond acceptors (Lipinski definition) is 5. The number of carbonyl (C=O) groups is 2. The average molecular weight is 441 g/mol. The molecule has 1 N–H and O–H groups in total. The number of aryl methyl sites for hydroxylation is 1. The molecule has 32 heavy (non-hydrogen) atoms. The second-order valence-corrected chi connectivity index (χ2v) is 8.94. The zero-order valence-corrected chi connectivity index (χ0v) is 17.9. The van der Waals surface area contributed by atoms with Gasteiger partial charge in [-0.3, -0.25) is 9.59 Å². The fourth-order valence-electron chi connectivity index (χ4n) is 4.39. The number of hydrogen-bond donors (Lipinski definition) is 1. The van der Waals surface area contributed by atoms with E-state index in [9.17, 15) is 18.4 Å². The molecule has 2 aromatic heterocycles. The van der Waals surface area contributed by atoms with Crippen LogP contribution in [0.4, 0.5) is 20.4 Å². The van der Waals surface area contributed by atoms with Gasteiger partial charge in [-0.2, -0.15) is 0 Å². The van der Waals surface area contributed by atoms with Crippen LogP contribution in [0.1, 0.15) is 52.7 Å². The molecule has 0 radical (unpaired) electrons. The van der Waals surface area contributed by atoms with Crippen LogP contribution in [0.15, 0.2) is 24.5 Å². The highest BCUT2D eigenvalue weighted by Crippen LogP contribution is 2.34. The maximum atomic E-state index is 13.5. The number of fused-ring (bicyclic) bond motifs is 1. The van der Waals surface area contributed by atoms with Crippen molar-refractivity contribution in [2.75, 3.05) is 23.3 Å². The molecule has 2 aromatic rings. The van der Waals surface area contributed by atoms with Gasteiger partial charge in [-0.05, 0) is 43.0 Å². The first-order valence-electron chi connectivity index (χ1n) is 11.0. The molecular formula is C23H25F2N5O2. The fraction of sp³-hybridized carbons (Fsp3) is 0.478. The lowest BCUT2D eigenvalue weighted by Gasteiger charge is -2.33. The second kappa shape index (κ2) is 7.79. The van der Waals surface area contributed by atoms with E-state index >= 15 is 0 Å². The first-order chi connectivity index (χ1) is 15.3. The molecule has 3 aliphatic rings. The summed E-state index contributed by atoms with van der Waals surface area (Å²) in [5, 5.41) is 2.87. The van der Waals surface area contributed by atoms with Crippen molar-refractivity contribution in [3.63, 3.8) is 0 Å². The van der Waals surface area contributed by atoms with E-state index in [4.69, 9.17) is 0 Å². The number of alkyl halides is 2. The monoisotopic (exact) mass is 441 g/mol. The SMILES string of the molecule is Cc1cc(CN2Cc3c(ccnc3NC(=O)C3CC3)C2=O)cnc1N1CCC(F)(F)CC1. The lowest BCUT2D eigenvalue weighted by molar-refractivity contribution is -0.117. The summed E-state index contributed by atoms with van der Waals surface area (Å²) in [4.78, 5) is 37.5. The number of piperidine rings is 1. The first kappa shape index (κ1) is 20.8. The van der Waals surface area contributed by atoms with E-state index in [0.29, 0.717) is 24.5 Å². The van der Waals surface area contributed by atoms with Gasteiger partial charge in [0.2, 0.25) is 5.91 Å². The van der Waals surface area contributed by atoms with Gasteiger partial charge in [0.15, 0.2) is 0 Å². The van der Waals surface area contributed by atoms with Gasteiger partial charge in [-0.1, -0.05) is 0 Å². The molecule has 0 bridgehead atoms. The summed E-state index contributed by atoms with van der Waals surface area (Å²) in [6.07, 6.45) is 4.72. The van der Waals surface area contributed by atoms with Crippen LogP contribution in [0.5, 0.6) is 0 Å². The van der Waals surface area contributed by atoms with Crippen molar-refractivity contribution in [2.24, 2.45) is 5.92 Å². The molecule has 1 saturated carbocycles. The molecule has 2 aliphatic heterocycles. The van der Waals surface area contributed by atoms with E-state index in [1.54, 1.807) is 23.4 Å². The van der Waals surface area contributed by atoms with E-state index in [1.165, 1.54) is 0 Å². The minimum atomic E-state index is -2.60. The largest absolute Gasteiger partial charge is 0.356 e. The van der Waals surface area contributed by atoms with Crippen LogP contribution in [0, 0.1) is 12.8 Å². The van der Waals surface area contributed by atoms with Crippen LogP contribution in [-0.4, -0.2) is 45.7 Å². The summed E-state index contributed by atoms with van der Waals surface area (Å²) in [6, 6.07) is 3.64. The van der Waals surface area contributed by atoms with Crippen molar-refractivity contribution in [2.45, 2.75) is 51.6 Å². The summed E-state index contributed by atoms with van der Waals surface area (Å²) < 4.78 is 26.9. The molecular weight excluding hydrogens is 416 g/mol. The van der Waals surface area contributed by atoms with E-state index in [2.05, 4.69) is 15.3 Å². The predicted molar refractivity (Wildman–Crippen MR) is 115 cm³/mol. The summed E-state index contributed by atoms with van der Waals surface area (Å²) in [5.74, 6) is -1.51. The topological polar surface area (TPSA) is 78.4 Å². The number of rotatable bonds is 5. The van der Waals surface area contributed by atoms with E-state index in [1.807, 2.05) is 17.9 Å². The lowest BCUT2D eigenvalue weighted by atomic mass is 10.1. The van der Waals surface area contributed by atoms with E-state index in [0.717, 1.165) is 35.3 Å². The predicted octanol–water partition coefficient (Wildman–Crippen LogP) is 3.53. The Morgan fingerprint density at radius 3 is 2.69 bits per heavy atom. The molecule has 168 valence electrons. The molecule has 1 saturated heterocycles. The van der Waals surface area contributed by atoms with Crippen molar-refractivity contribution in [3.8, 4) is 0 Å². The molecule has 0 atom stereocenters. The Labute approximate surface area is 184 Å². The minimum absolute atomic E-state index is 0.0392. The van der Waals surface area contributed by atoms with Gasteiger partial charge in [0.05, 0.1) is 6.54 Å². The molecule has 0 unspecified atom stereocenters. The van der Waals surface area contributed by atoms with Gasteiger partial charge < -0.3 is 15.1 Å². The third-order valence-corrected chi connectivity index (χ3v) is 6.39. The minimum Gasteiger partial charge on any atom is -0.356 e. The zero-order chi connectivity index (χ0) is 22.5. The number of halogens is 2. The standard InChI is InChI=1S/C23H25F2N5O2/c1-14-10-15(11-27-20(14)29-8-5-23(24,25)6-9-29)12-30-13-18-17(22(30)32)4-7-26-19(18)28-21(31)16-2-3-16/h4,7,10-11,16H,2-3,5-6,8-9,12-13H2,1H3,(H,26,28,31). The Kier molecular flexibility index (Phi) is 5.06. The lowest BCUT2D eigenvalue weighted by Crippen LogP contribution is -2.40. The highest BCUT2D eigenvalue weighted by atomic mass is 19.3. The number of anilines is 2. The molecule has 7 nitrogen and oxygen atoms in total. The van der Waals surface area contributed by atoms with Crippen molar-refractivity contribution >= 4 is 23.5 Å². The fourth-order valence-corrected chi connectivity index (χ4v) is 4.39. The Morgan fingerprint density at radius 2 is 2.00 bits per heavy atom. The van der Waals surface area contributed by atoms with Crippen LogP contribution in [0.2, 0.25) is 0 Å². The average Bonchev–Trinajstić information content (AvgIpc) is 3.55. The Balaban J connectivity index is 1.28. The van der Waals surface area contributed by atoms with E-state index in [-0.39, 0.29) is 43.7 Å². The number of nitrogens with one attached hydrogen (secondary N) is 1. The highest BCUT2D eigenvalue weighted by Gasteiger charge is 2.35. The van der Waals surface area contributed by atoms with Gasteiger partial charge in [0.25, 0.3) is 11.8 Å². The first-order valence-corrected chi connectivity index (χ1v) is 11.0. The van der Waals surface area contributed by atoms with Crippen LogP contribution in [0.3, 0.4) is 0 Å². The number of carbonyl (C=O) groups excluding carboxylic acids is 2. The Morgan fingerprint density at radius 1 is 1.25 bits per heavy atom. The number of pyridine rings is 2. The second-order valence-electron chi connectivity index (χ2n) is 8.94. The molecule has 4 heterocycles. The quantitative estimate of drug-likeness (QED) is 0.768. The Bertz CT molecular complexity index is 1080. The zero-order valence-electron chi connectivity index (χ0n) is 17.9. The van der Waals surface area contributed by atoms with Crippen LogP contribution in [-0.2, 0) is 17.9 Å². The van der Waals surface area contributed by atoms with Gasteiger partial charge >= 0.3 is 0 Å². The number of aromatic nitrogens is 2. The van der Waals surface area contributed by atoms with Crippen molar-refractivity contribution in [1.82, 2.24) is 14.9 Å². The molecule has 5 rings (SSSR count).